The molecule has 2 N–H and O–H groups in total. The van der Waals surface area contributed by atoms with E-state index in [1.165, 1.54) is 17.5 Å². The fraction of sp³-hybridized carbons (Fsp3) is 0.276. The normalized spacial score (nSPS) is 19.0. The average Bonchev–Trinajstić information content (AvgIpc) is 3.43. The smallest absolute Gasteiger partial charge is 0.128 e. The van der Waals surface area contributed by atoms with Gasteiger partial charge in [0, 0.05) is 96.9 Å². The van der Waals surface area contributed by atoms with Crippen LogP contribution in [0.1, 0.15) is 17.8 Å². The highest BCUT2D eigenvalue weighted by atomic mass is 32.2. The second-order valence-electron chi connectivity index (χ2n) is 9.93. The maximum Gasteiger partial charge on any atom is 0.128 e. The summed E-state index contributed by atoms with van der Waals surface area (Å²) in [5.74, 6) is 0.961. The fourth-order valence-electron chi connectivity index (χ4n) is 5.47. The third-order valence-corrected chi connectivity index (χ3v) is 8.29. The van der Waals surface area contributed by atoms with Gasteiger partial charge >= 0.3 is 0 Å². The largest absolute Gasteiger partial charge is 0.403 e. The van der Waals surface area contributed by atoms with Crippen LogP contribution >= 0.6 is 11.8 Å². The van der Waals surface area contributed by atoms with Crippen molar-refractivity contribution in [1.29, 1.82) is 5.26 Å². The molecule has 3 fully saturated rings. The van der Waals surface area contributed by atoms with E-state index in [1.54, 1.807) is 28.8 Å². The summed E-state index contributed by atoms with van der Waals surface area (Å²) >= 11 is 1.72. The van der Waals surface area contributed by atoms with Crippen molar-refractivity contribution in [2.45, 2.75) is 29.9 Å². The number of allylic oxidation sites excluding steroid dienone is 1. The van der Waals surface area contributed by atoms with Crippen LogP contribution in [0.15, 0.2) is 72.4 Å². The highest BCUT2D eigenvalue weighted by molar-refractivity contribution is 7.98. The first-order chi connectivity index (χ1) is 19.1. The Balaban J connectivity index is 1.21. The summed E-state index contributed by atoms with van der Waals surface area (Å²) in [6.45, 7) is 2.79. The summed E-state index contributed by atoms with van der Waals surface area (Å²) in [7, 11) is 1.88. The first-order valence-electron chi connectivity index (χ1n) is 12.8. The lowest BCUT2D eigenvalue weighted by Gasteiger charge is -2.56. The van der Waals surface area contributed by atoms with E-state index in [9.17, 15) is 5.26 Å². The van der Waals surface area contributed by atoms with Crippen molar-refractivity contribution in [3.05, 3.63) is 78.9 Å². The standard InChI is InChI=1S/C29H29N9S/c1-36-15-22(13-35-36)20-7-27(29(34-12-20)21(9-30)10-31)19-3-6-28(33-11-19)37-17-24-8-25(18-37)38(24)16-23-4-5-26(39-2)14-32-23/h3-7,9,11-15,24-25H,8,16-18,30H2,1-2H3. The van der Waals surface area contributed by atoms with Crippen LogP contribution in [0.25, 0.3) is 27.8 Å². The molecule has 3 aliphatic heterocycles. The van der Waals surface area contributed by atoms with Crippen LogP contribution in [-0.4, -0.2) is 61.1 Å². The predicted molar refractivity (Wildman–Crippen MR) is 153 cm³/mol. The number of aromatic nitrogens is 5. The molecule has 0 saturated carbocycles. The Bertz CT molecular complexity index is 1540. The Morgan fingerprint density at radius 3 is 2.49 bits per heavy atom. The van der Waals surface area contributed by atoms with Gasteiger partial charge in [0.15, 0.2) is 0 Å². The third-order valence-electron chi connectivity index (χ3n) is 7.57. The second kappa shape index (κ2) is 10.5. The molecule has 7 heterocycles. The maximum atomic E-state index is 9.64. The number of rotatable bonds is 7. The number of piperidine rings is 1. The lowest BCUT2D eigenvalue weighted by atomic mass is 9.87. The number of nitrogens with zero attached hydrogens (tertiary/aromatic N) is 8. The van der Waals surface area contributed by atoms with Gasteiger partial charge < -0.3 is 10.6 Å². The van der Waals surface area contributed by atoms with Gasteiger partial charge in [-0.1, -0.05) is 0 Å². The molecule has 0 amide bonds. The molecule has 9 nitrogen and oxygen atoms in total. The minimum Gasteiger partial charge on any atom is -0.403 e. The molecule has 4 aromatic rings. The van der Waals surface area contributed by atoms with Gasteiger partial charge in [-0.3, -0.25) is 19.5 Å². The van der Waals surface area contributed by atoms with E-state index < -0.39 is 0 Å². The van der Waals surface area contributed by atoms with Crippen molar-refractivity contribution < 1.29 is 0 Å². The summed E-state index contributed by atoms with van der Waals surface area (Å²) < 4.78 is 1.75. The fourth-order valence-corrected chi connectivity index (χ4v) is 5.84. The zero-order valence-corrected chi connectivity index (χ0v) is 22.7. The zero-order chi connectivity index (χ0) is 26.9. The van der Waals surface area contributed by atoms with Gasteiger partial charge in [-0.15, -0.1) is 11.8 Å². The van der Waals surface area contributed by atoms with E-state index in [-0.39, 0.29) is 0 Å². The lowest BCUT2D eigenvalue weighted by Crippen LogP contribution is -2.68. The minimum atomic E-state index is 0.320. The molecule has 2 atom stereocenters. The Hall–Kier alpha value is -4.20. The molecule has 0 radical (unpaired) electrons. The van der Waals surface area contributed by atoms with Gasteiger partial charge in [0.25, 0.3) is 0 Å². The molecule has 0 aromatic carbocycles. The Labute approximate surface area is 232 Å². The Morgan fingerprint density at radius 1 is 1.05 bits per heavy atom. The molecule has 196 valence electrons. The average molecular weight is 536 g/mol. The lowest BCUT2D eigenvalue weighted by molar-refractivity contribution is -0.00969. The first-order valence-corrected chi connectivity index (χ1v) is 14.1. The molecule has 7 rings (SSSR count). The molecule has 4 aromatic heterocycles. The quantitative estimate of drug-likeness (QED) is 0.278. The van der Waals surface area contributed by atoms with Crippen molar-refractivity contribution in [2.24, 2.45) is 12.8 Å². The van der Waals surface area contributed by atoms with E-state index in [0.717, 1.165) is 53.4 Å². The summed E-state index contributed by atoms with van der Waals surface area (Å²) in [5.41, 5.74) is 11.3. The van der Waals surface area contributed by atoms with E-state index in [1.807, 2.05) is 31.7 Å². The van der Waals surface area contributed by atoms with Crippen molar-refractivity contribution in [3.8, 4) is 28.3 Å². The van der Waals surface area contributed by atoms with E-state index >= 15 is 0 Å². The number of pyridine rings is 3. The highest BCUT2D eigenvalue weighted by Gasteiger charge is 2.44. The van der Waals surface area contributed by atoms with Gasteiger partial charge in [0.2, 0.25) is 0 Å². The molecule has 0 spiro atoms. The summed E-state index contributed by atoms with van der Waals surface area (Å²) in [6, 6.07) is 13.6. The monoisotopic (exact) mass is 535 g/mol. The number of nitrogens with two attached hydrogens (primary N) is 1. The summed E-state index contributed by atoms with van der Waals surface area (Å²) in [4.78, 5) is 20.2. The number of aryl methyl sites for hydroxylation is 1. The molecule has 2 unspecified atom stereocenters. The van der Waals surface area contributed by atoms with Crippen molar-refractivity contribution >= 4 is 23.2 Å². The van der Waals surface area contributed by atoms with Crippen LogP contribution < -0.4 is 10.6 Å². The van der Waals surface area contributed by atoms with E-state index in [2.05, 4.69) is 61.5 Å². The molecule has 10 heteroatoms. The second-order valence-corrected chi connectivity index (χ2v) is 10.8. The van der Waals surface area contributed by atoms with Crippen LogP contribution in [0.2, 0.25) is 0 Å². The number of anilines is 1. The van der Waals surface area contributed by atoms with Crippen molar-refractivity contribution in [3.63, 3.8) is 0 Å². The van der Waals surface area contributed by atoms with E-state index in [0.29, 0.717) is 23.4 Å². The number of nitriles is 1. The van der Waals surface area contributed by atoms with Crippen LogP contribution in [0, 0.1) is 11.3 Å². The predicted octanol–water partition coefficient (Wildman–Crippen LogP) is 3.95. The Kier molecular flexibility index (Phi) is 6.77. The number of hydrogen-bond donors (Lipinski definition) is 1. The SMILES string of the molecule is CSc1ccc(CN2C3CC2CN(c2ccc(-c4cc(-c5cnn(C)c5)cnc4C(C#N)=CN)cn2)C3)nc1. The topological polar surface area (TPSA) is 113 Å². The van der Waals surface area contributed by atoms with Gasteiger partial charge in [-0.25, -0.2) is 4.98 Å². The summed E-state index contributed by atoms with van der Waals surface area (Å²) in [5, 5.41) is 13.9. The number of hydrogen-bond acceptors (Lipinski definition) is 9. The number of piperazine rings is 1. The first kappa shape index (κ1) is 25.1. The van der Waals surface area contributed by atoms with Gasteiger partial charge in [0.05, 0.1) is 23.2 Å². The minimum absolute atomic E-state index is 0.320. The van der Waals surface area contributed by atoms with Crippen LogP contribution in [-0.2, 0) is 13.6 Å². The third kappa shape index (κ3) is 4.87. The molecule has 39 heavy (non-hydrogen) atoms. The van der Waals surface area contributed by atoms with Crippen molar-refractivity contribution in [2.75, 3.05) is 24.2 Å². The molecule has 2 bridgehead atoms. The molecule has 0 aliphatic carbocycles. The number of thioether (sulfide) groups is 1. The van der Waals surface area contributed by atoms with Gasteiger partial charge in [-0.2, -0.15) is 10.4 Å². The number of fused-ring (bicyclic) bond motifs is 2. The van der Waals surface area contributed by atoms with E-state index in [4.69, 9.17) is 10.7 Å². The molecule has 3 aliphatic rings. The maximum absolute atomic E-state index is 9.64. The molecular formula is C29H29N9S. The molecular weight excluding hydrogens is 506 g/mol. The van der Waals surface area contributed by atoms with Crippen LogP contribution in [0.4, 0.5) is 5.82 Å². The zero-order valence-electron chi connectivity index (χ0n) is 21.9. The van der Waals surface area contributed by atoms with Gasteiger partial charge in [-0.05, 0) is 43.0 Å². The van der Waals surface area contributed by atoms with Gasteiger partial charge in [0.1, 0.15) is 11.9 Å². The molecule has 3 saturated heterocycles. The Morgan fingerprint density at radius 2 is 1.87 bits per heavy atom. The summed E-state index contributed by atoms with van der Waals surface area (Å²) in [6.07, 6.45) is 13.9. The van der Waals surface area contributed by atoms with Crippen LogP contribution in [0.5, 0.6) is 0 Å². The highest BCUT2D eigenvalue weighted by Crippen LogP contribution is 2.36. The van der Waals surface area contributed by atoms with Crippen molar-refractivity contribution in [1.82, 2.24) is 29.6 Å². The van der Waals surface area contributed by atoms with Crippen LogP contribution in [0.3, 0.4) is 0 Å².